The SMILES string of the molecule is CCNC(=NCc1ccnc(OCC2CC2)c1)NCC(c1ccco1)N1CCCC1. The van der Waals surface area contributed by atoms with Crippen molar-refractivity contribution < 1.29 is 9.15 Å². The van der Waals surface area contributed by atoms with E-state index < -0.39 is 0 Å². The Kier molecular flexibility index (Phi) is 7.24. The highest BCUT2D eigenvalue weighted by Crippen LogP contribution is 2.29. The summed E-state index contributed by atoms with van der Waals surface area (Å²) in [5.74, 6) is 3.23. The average molecular weight is 412 g/mol. The van der Waals surface area contributed by atoms with Crippen LogP contribution in [0.15, 0.2) is 46.1 Å². The standard InChI is InChI=1S/C23H33N5O2/c1-2-24-23(26-15-19-9-10-25-22(14-19)30-17-18-7-8-18)27-16-20(21-6-5-13-29-21)28-11-3-4-12-28/h5-6,9-10,13-14,18,20H,2-4,7-8,11-12,15-17H2,1H3,(H2,24,26,27). The summed E-state index contributed by atoms with van der Waals surface area (Å²) in [4.78, 5) is 11.6. The van der Waals surface area contributed by atoms with Gasteiger partial charge in [-0.15, -0.1) is 0 Å². The highest BCUT2D eigenvalue weighted by molar-refractivity contribution is 5.79. The van der Waals surface area contributed by atoms with Crippen molar-refractivity contribution in [2.45, 2.75) is 45.2 Å². The lowest BCUT2D eigenvalue weighted by Gasteiger charge is -2.26. The van der Waals surface area contributed by atoms with E-state index in [-0.39, 0.29) is 6.04 Å². The Bertz CT molecular complexity index is 798. The molecule has 0 spiro atoms. The van der Waals surface area contributed by atoms with Crippen molar-refractivity contribution in [1.82, 2.24) is 20.5 Å². The summed E-state index contributed by atoms with van der Waals surface area (Å²) in [5.41, 5.74) is 1.09. The smallest absolute Gasteiger partial charge is 0.213 e. The van der Waals surface area contributed by atoms with Crippen molar-refractivity contribution >= 4 is 5.96 Å². The number of nitrogens with one attached hydrogen (secondary N) is 2. The van der Waals surface area contributed by atoms with Gasteiger partial charge in [-0.25, -0.2) is 9.98 Å². The molecule has 162 valence electrons. The van der Waals surface area contributed by atoms with Gasteiger partial charge in [0.15, 0.2) is 5.96 Å². The number of aromatic nitrogens is 1. The molecule has 1 atom stereocenters. The van der Waals surface area contributed by atoms with E-state index in [0.29, 0.717) is 12.4 Å². The first-order valence-electron chi connectivity index (χ1n) is 11.2. The predicted molar refractivity (Wildman–Crippen MR) is 118 cm³/mol. The minimum atomic E-state index is 0.217. The Labute approximate surface area is 178 Å². The topological polar surface area (TPSA) is 74.9 Å². The van der Waals surface area contributed by atoms with Gasteiger partial charge in [0.2, 0.25) is 5.88 Å². The molecule has 2 aromatic heterocycles. The van der Waals surface area contributed by atoms with Gasteiger partial charge in [-0.05, 0) is 75.4 Å². The molecule has 0 aromatic carbocycles. The van der Waals surface area contributed by atoms with E-state index in [2.05, 4.69) is 33.5 Å². The lowest BCUT2D eigenvalue weighted by Crippen LogP contribution is -2.42. The molecule has 1 saturated carbocycles. The van der Waals surface area contributed by atoms with Crippen molar-refractivity contribution in [3.63, 3.8) is 0 Å². The van der Waals surface area contributed by atoms with Crippen molar-refractivity contribution in [2.75, 3.05) is 32.8 Å². The van der Waals surface area contributed by atoms with Crippen LogP contribution in [-0.2, 0) is 6.54 Å². The number of furan rings is 1. The van der Waals surface area contributed by atoms with Crippen LogP contribution in [0.2, 0.25) is 0 Å². The highest BCUT2D eigenvalue weighted by Gasteiger charge is 2.25. The van der Waals surface area contributed by atoms with Crippen molar-refractivity contribution in [1.29, 1.82) is 0 Å². The molecule has 7 nitrogen and oxygen atoms in total. The van der Waals surface area contributed by atoms with Crippen LogP contribution in [-0.4, -0.2) is 48.6 Å². The van der Waals surface area contributed by atoms with Crippen LogP contribution in [0.5, 0.6) is 5.88 Å². The summed E-state index contributed by atoms with van der Waals surface area (Å²) in [6.07, 6.45) is 8.60. The number of likely N-dealkylation sites (tertiary alicyclic amines) is 1. The Morgan fingerprint density at radius 2 is 2.17 bits per heavy atom. The monoisotopic (exact) mass is 411 g/mol. The van der Waals surface area contributed by atoms with Crippen LogP contribution in [0, 0.1) is 5.92 Å². The molecule has 0 bridgehead atoms. The van der Waals surface area contributed by atoms with Gasteiger partial charge in [-0.3, -0.25) is 4.90 Å². The van der Waals surface area contributed by atoms with Gasteiger partial charge < -0.3 is 19.8 Å². The fraction of sp³-hybridized carbons (Fsp3) is 0.565. The molecule has 0 amide bonds. The second kappa shape index (κ2) is 10.5. The largest absolute Gasteiger partial charge is 0.477 e. The molecule has 2 N–H and O–H groups in total. The van der Waals surface area contributed by atoms with Gasteiger partial charge in [-0.1, -0.05) is 0 Å². The lowest BCUT2D eigenvalue weighted by atomic mass is 10.2. The van der Waals surface area contributed by atoms with Crippen LogP contribution in [0.3, 0.4) is 0 Å². The highest BCUT2D eigenvalue weighted by atomic mass is 16.5. The molecule has 1 saturated heterocycles. The van der Waals surface area contributed by atoms with Crippen LogP contribution < -0.4 is 15.4 Å². The minimum Gasteiger partial charge on any atom is -0.477 e. The first-order chi connectivity index (χ1) is 14.8. The van der Waals surface area contributed by atoms with Crippen molar-refractivity contribution in [3.05, 3.63) is 48.0 Å². The minimum absolute atomic E-state index is 0.217. The summed E-state index contributed by atoms with van der Waals surface area (Å²) in [6.45, 7) is 7.22. The number of hydrogen-bond donors (Lipinski definition) is 2. The molecule has 1 aliphatic heterocycles. The maximum Gasteiger partial charge on any atom is 0.213 e. The summed E-state index contributed by atoms with van der Waals surface area (Å²) in [5, 5.41) is 6.86. The van der Waals surface area contributed by atoms with Crippen molar-refractivity contribution in [3.8, 4) is 5.88 Å². The van der Waals surface area contributed by atoms with Gasteiger partial charge in [0.05, 0.1) is 25.5 Å². The van der Waals surface area contributed by atoms with Crippen LogP contribution in [0.25, 0.3) is 0 Å². The summed E-state index contributed by atoms with van der Waals surface area (Å²) >= 11 is 0. The first kappa shape index (κ1) is 20.7. The van der Waals surface area contributed by atoms with Gasteiger partial charge in [-0.2, -0.15) is 0 Å². The number of rotatable bonds is 10. The first-order valence-corrected chi connectivity index (χ1v) is 11.2. The zero-order valence-electron chi connectivity index (χ0n) is 17.8. The van der Waals surface area contributed by atoms with E-state index in [1.165, 1.54) is 25.7 Å². The molecule has 2 aliphatic rings. The van der Waals surface area contributed by atoms with E-state index in [1.54, 1.807) is 12.5 Å². The summed E-state index contributed by atoms with van der Waals surface area (Å²) in [7, 11) is 0. The van der Waals surface area contributed by atoms with Gasteiger partial charge in [0, 0.05) is 25.4 Å². The lowest BCUT2D eigenvalue weighted by molar-refractivity contribution is 0.215. The Morgan fingerprint density at radius 3 is 2.90 bits per heavy atom. The Hall–Kier alpha value is -2.54. The average Bonchev–Trinajstić information content (AvgIpc) is 3.19. The molecule has 4 rings (SSSR count). The second-order valence-corrected chi connectivity index (χ2v) is 8.11. The fourth-order valence-corrected chi connectivity index (χ4v) is 3.76. The Balaban J connectivity index is 1.36. The Morgan fingerprint density at radius 1 is 1.30 bits per heavy atom. The van der Waals surface area contributed by atoms with E-state index >= 15 is 0 Å². The van der Waals surface area contributed by atoms with Gasteiger partial charge in [0.1, 0.15) is 5.76 Å². The maximum absolute atomic E-state index is 5.80. The third-order valence-electron chi connectivity index (χ3n) is 5.64. The summed E-state index contributed by atoms with van der Waals surface area (Å²) < 4.78 is 11.5. The number of pyridine rings is 1. The molecule has 3 heterocycles. The van der Waals surface area contributed by atoms with Crippen LogP contribution >= 0.6 is 0 Å². The molecular formula is C23H33N5O2. The fourth-order valence-electron chi connectivity index (χ4n) is 3.76. The molecule has 7 heteroatoms. The van der Waals surface area contributed by atoms with Gasteiger partial charge >= 0.3 is 0 Å². The zero-order valence-corrected chi connectivity index (χ0v) is 17.8. The number of ether oxygens (including phenoxy) is 1. The maximum atomic E-state index is 5.80. The number of nitrogens with zero attached hydrogens (tertiary/aromatic N) is 3. The van der Waals surface area contributed by atoms with E-state index in [1.807, 2.05) is 18.2 Å². The number of guanidine groups is 1. The van der Waals surface area contributed by atoms with Crippen LogP contribution in [0.1, 0.15) is 50.0 Å². The number of aliphatic imine (C=N–C) groups is 1. The second-order valence-electron chi connectivity index (χ2n) is 8.11. The summed E-state index contributed by atoms with van der Waals surface area (Å²) in [6, 6.07) is 8.23. The molecule has 1 unspecified atom stereocenters. The van der Waals surface area contributed by atoms with Crippen molar-refractivity contribution in [2.24, 2.45) is 10.9 Å². The van der Waals surface area contributed by atoms with E-state index in [0.717, 1.165) is 56.0 Å². The van der Waals surface area contributed by atoms with Gasteiger partial charge in [0.25, 0.3) is 0 Å². The third-order valence-corrected chi connectivity index (χ3v) is 5.64. The van der Waals surface area contributed by atoms with Crippen LogP contribution in [0.4, 0.5) is 0 Å². The molecule has 30 heavy (non-hydrogen) atoms. The molecule has 2 aromatic rings. The predicted octanol–water partition coefficient (Wildman–Crippen LogP) is 3.36. The normalized spacial score (nSPS) is 18.4. The quantitative estimate of drug-likeness (QED) is 0.461. The molecular weight excluding hydrogens is 378 g/mol. The third kappa shape index (κ3) is 5.98. The molecule has 1 aliphatic carbocycles. The number of hydrogen-bond acceptors (Lipinski definition) is 5. The van der Waals surface area contributed by atoms with E-state index in [4.69, 9.17) is 14.1 Å². The molecule has 2 fully saturated rings. The zero-order chi connectivity index (χ0) is 20.6. The molecule has 0 radical (unpaired) electrons. The van der Waals surface area contributed by atoms with E-state index in [9.17, 15) is 0 Å².